The fraction of sp³-hybridized carbons (Fsp3) is 0.444. The van der Waals surface area contributed by atoms with E-state index < -0.39 is 11.6 Å². The number of benzene rings is 1. The van der Waals surface area contributed by atoms with Crippen LogP contribution in [0.5, 0.6) is 0 Å². The Balaban J connectivity index is 1.92. The lowest BCUT2D eigenvalue weighted by Gasteiger charge is -2.33. The van der Waals surface area contributed by atoms with Gasteiger partial charge in [0.1, 0.15) is 11.6 Å². The molecule has 0 N–H and O–H groups in total. The van der Waals surface area contributed by atoms with Crippen molar-refractivity contribution in [2.75, 3.05) is 0 Å². The van der Waals surface area contributed by atoms with Crippen LogP contribution in [0.25, 0.3) is 11.3 Å². The Labute approximate surface area is 128 Å². The number of rotatable bonds is 1. The molecule has 1 fully saturated rings. The summed E-state index contributed by atoms with van der Waals surface area (Å²) < 4.78 is 28.0. The van der Waals surface area contributed by atoms with Gasteiger partial charge in [-0.05, 0) is 47.9 Å². The average molecular weight is 300 g/mol. The first-order chi connectivity index (χ1) is 10.4. The number of hydrogen-bond donors (Lipinski definition) is 0. The minimum atomic E-state index is -0.595. The lowest BCUT2D eigenvalue weighted by molar-refractivity contribution is 0.226. The molecule has 0 radical (unpaired) electrons. The van der Waals surface area contributed by atoms with Gasteiger partial charge in [-0.3, -0.25) is 0 Å². The molecule has 1 aromatic carbocycles. The minimum absolute atomic E-state index is 0.00626. The van der Waals surface area contributed by atoms with Crippen molar-refractivity contribution in [3.63, 3.8) is 0 Å². The summed E-state index contributed by atoms with van der Waals surface area (Å²) in [6.07, 6.45) is 2.20. The molecule has 4 rings (SSSR count). The number of hydrogen-bond acceptors (Lipinski definition) is 2. The number of fused-ring (bicyclic) bond motifs is 5. The zero-order chi connectivity index (χ0) is 15.7. The fourth-order valence-corrected chi connectivity index (χ4v) is 4.43. The van der Waals surface area contributed by atoms with Gasteiger partial charge in [0.25, 0.3) is 0 Å². The predicted molar refractivity (Wildman–Crippen MR) is 80.5 cm³/mol. The molecule has 2 nitrogen and oxygen atoms in total. The molecule has 2 aliphatic carbocycles. The first-order valence-electron chi connectivity index (χ1n) is 7.69. The quantitative estimate of drug-likeness (QED) is 0.769. The van der Waals surface area contributed by atoms with Crippen molar-refractivity contribution in [2.24, 2.45) is 5.41 Å². The number of nitrogens with zero attached hydrogens (tertiary/aromatic N) is 2. The van der Waals surface area contributed by atoms with Gasteiger partial charge in [-0.15, -0.1) is 0 Å². The van der Waals surface area contributed by atoms with E-state index >= 15 is 0 Å². The summed E-state index contributed by atoms with van der Waals surface area (Å²) in [5, 5.41) is 8.53. The highest BCUT2D eigenvalue weighted by atomic mass is 19.1. The molecular formula is C18H18F2N2. The van der Waals surface area contributed by atoms with Crippen LogP contribution in [-0.4, -0.2) is 10.2 Å². The molecule has 0 saturated heterocycles. The molecule has 1 saturated carbocycles. The number of halogens is 2. The highest BCUT2D eigenvalue weighted by Gasteiger charge is 2.60. The van der Waals surface area contributed by atoms with Crippen LogP contribution in [0, 0.1) is 17.0 Å². The van der Waals surface area contributed by atoms with Gasteiger partial charge in [-0.25, -0.2) is 8.78 Å². The van der Waals surface area contributed by atoms with E-state index in [9.17, 15) is 8.78 Å². The van der Waals surface area contributed by atoms with E-state index in [0.717, 1.165) is 24.1 Å². The van der Waals surface area contributed by atoms with Crippen molar-refractivity contribution >= 4 is 0 Å². The van der Waals surface area contributed by atoms with Crippen molar-refractivity contribution in [3.05, 3.63) is 47.2 Å². The van der Waals surface area contributed by atoms with E-state index in [4.69, 9.17) is 0 Å². The molecule has 1 aromatic heterocycles. The Morgan fingerprint density at radius 2 is 1.77 bits per heavy atom. The van der Waals surface area contributed by atoms with Crippen LogP contribution in [0.2, 0.25) is 0 Å². The summed E-state index contributed by atoms with van der Waals surface area (Å²) in [5.74, 6) is -0.803. The van der Waals surface area contributed by atoms with E-state index in [1.165, 1.54) is 18.2 Å². The van der Waals surface area contributed by atoms with Gasteiger partial charge >= 0.3 is 0 Å². The largest absolute Gasteiger partial charge is 0.206 e. The second kappa shape index (κ2) is 4.12. The summed E-state index contributed by atoms with van der Waals surface area (Å²) >= 11 is 0. The van der Waals surface area contributed by atoms with Crippen LogP contribution < -0.4 is 0 Å². The van der Waals surface area contributed by atoms with E-state index in [1.54, 1.807) is 0 Å². The Kier molecular flexibility index (Phi) is 2.58. The molecular weight excluding hydrogens is 282 g/mol. The summed E-state index contributed by atoms with van der Waals surface area (Å²) in [6.45, 7) is 6.75. The second-order valence-electron chi connectivity index (χ2n) is 7.28. The van der Waals surface area contributed by atoms with Gasteiger partial charge in [-0.1, -0.05) is 26.8 Å². The summed E-state index contributed by atoms with van der Waals surface area (Å²) in [4.78, 5) is 0. The Morgan fingerprint density at radius 3 is 2.45 bits per heavy atom. The lowest BCUT2D eigenvalue weighted by Crippen LogP contribution is -2.32. The maximum Gasteiger partial charge on any atom is 0.135 e. The Bertz CT molecular complexity index is 764. The van der Waals surface area contributed by atoms with Crippen LogP contribution in [0.15, 0.2) is 24.3 Å². The van der Waals surface area contributed by atoms with Crippen LogP contribution in [-0.2, 0) is 5.41 Å². The van der Waals surface area contributed by atoms with E-state index in [0.29, 0.717) is 11.6 Å². The van der Waals surface area contributed by atoms with Crippen LogP contribution in [0.3, 0.4) is 0 Å². The van der Waals surface area contributed by atoms with Gasteiger partial charge in [0.15, 0.2) is 0 Å². The number of aromatic nitrogens is 2. The summed E-state index contributed by atoms with van der Waals surface area (Å²) in [7, 11) is 0. The van der Waals surface area contributed by atoms with Gasteiger partial charge < -0.3 is 0 Å². The molecule has 22 heavy (non-hydrogen) atoms. The van der Waals surface area contributed by atoms with Gasteiger partial charge in [-0.2, -0.15) is 10.2 Å². The molecule has 2 atom stereocenters. The van der Waals surface area contributed by atoms with Gasteiger partial charge in [0, 0.05) is 5.41 Å². The standard InChI is InChI=1S/C18H18F2N2/c1-17(2)11-7-8-18(17,3)16-10(11)9-14(21-22-16)15-12(19)5-4-6-13(15)20/h4-6,9,11H,7-8H2,1-3H3. The van der Waals surface area contributed by atoms with Gasteiger partial charge in [0.2, 0.25) is 0 Å². The van der Waals surface area contributed by atoms with Gasteiger partial charge in [0.05, 0.1) is 17.0 Å². The zero-order valence-electron chi connectivity index (χ0n) is 13.0. The highest BCUT2D eigenvalue weighted by Crippen LogP contribution is 2.67. The Hall–Kier alpha value is -1.84. The molecule has 2 bridgehead atoms. The molecule has 2 aliphatic rings. The molecule has 114 valence electrons. The van der Waals surface area contributed by atoms with Crippen molar-refractivity contribution in [1.29, 1.82) is 0 Å². The third kappa shape index (κ3) is 1.48. The Morgan fingerprint density at radius 1 is 1.09 bits per heavy atom. The maximum absolute atomic E-state index is 14.0. The zero-order valence-corrected chi connectivity index (χ0v) is 13.0. The first-order valence-corrected chi connectivity index (χ1v) is 7.69. The molecule has 0 amide bonds. The first kappa shape index (κ1) is 13.8. The van der Waals surface area contributed by atoms with Crippen LogP contribution in [0.4, 0.5) is 8.78 Å². The van der Waals surface area contributed by atoms with Crippen molar-refractivity contribution in [2.45, 2.75) is 44.9 Å². The summed E-state index contributed by atoms with van der Waals surface area (Å²) in [5.41, 5.74) is 2.45. The topological polar surface area (TPSA) is 25.8 Å². The third-order valence-electron chi connectivity index (χ3n) is 6.17. The normalized spacial score (nSPS) is 28.0. The van der Waals surface area contributed by atoms with Crippen LogP contribution in [0.1, 0.15) is 50.8 Å². The molecule has 1 heterocycles. The van der Waals surface area contributed by atoms with Crippen LogP contribution >= 0.6 is 0 Å². The predicted octanol–water partition coefficient (Wildman–Crippen LogP) is 4.60. The van der Waals surface area contributed by atoms with E-state index in [1.807, 2.05) is 6.07 Å². The fourth-order valence-electron chi connectivity index (χ4n) is 4.43. The monoisotopic (exact) mass is 300 g/mol. The smallest absolute Gasteiger partial charge is 0.135 e. The molecule has 2 aromatic rings. The second-order valence-corrected chi connectivity index (χ2v) is 7.28. The van der Waals surface area contributed by atoms with E-state index in [2.05, 4.69) is 31.0 Å². The molecule has 4 heteroatoms. The molecule has 0 spiro atoms. The van der Waals surface area contributed by atoms with Crippen molar-refractivity contribution in [1.82, 2.24) is 10.2 Å². The summed E-state index contributed by atoms with van der Waals surface area (Å²) in [6, 6.07) is 5.72. The third-order valence-corrected chi connectivity index (χ3v) is 6.17. The molecule has 2 unspecified atom stereocenters. The van der Waals surface area contributed by atoms with E-state index in [-0.39, 0.29) is 16.4 Å². The average Bonchev–Trinajstić information content (AvgIpc) is 2.78. The molecule has 0 aliphatic heterocycles. The minimum Gasteiger partial charge on any atom is -0.206 e. The SMILES string of the molecule is CC12CCC(c3cc(-c4c(F)cccc4F)nnc31)C2(C)C. The van der Waals surface area contributed by atoms with Crippen molar-refractivity contribution < 1.29 is 8.78 Å². The lowest BCUT2D eigenvalue weighted by atomic mass is 9.70. The highest BCUT2D eigenvalue weighted by molar-refractivity contribution is 5.63. The maximum atomic E-state index is 14.0. The van der Waals surface area contributed by atoms with Crippen molar-refractivity contribution in [3.8, 4) is 11.3 Å².